The number of anilines is 1. The summed E-state index contributed by atoms with van der Waals surface area (Å²) in [5.41, 5.74) is 3.33. The maximum atomic E-state index is 12.6. The maximum Gasteiger partial charge on any atom is 0.255 e. The monoisotopic (exact) mass is 375 g/mol. The smallest absolute Gasteiger partial charge is 0.255 e. The molecule has 4 rings (SSSR count). The number of aryl methyl sites for hydroxylation is 1. The lowest BCUT2D eigenvalue weighted by Crippen LogP contribution is -2.12. The normalized spacial score (nSPS) is 10.9. The van der Waals surface area contributed by atoms with E-state index in [-0.39, 0.29) is 5.91 Å². The van der Waals surface area contributed by atoms with Crippen LogP contribution in [0.1, 0.15) is 28.4 Å². The average molecular weight is 375 g/mol. The third-order valence-corrected chi connectivity index (χ3v) is 4.34. The number of aromatic nitrogens is 6. The fraction of sp³-hybridized carbons (Fsp3) is 0.200. The van der Waals surface area contributed by atoms with Crippen LogP contribution >= 0.6 is 0 Å². The van der Waals surface area contributed by atoms with Crippen molar-refractivity contribution in [1.82, 2.24) is 29.3 Å². The molecule has 1 N–H and O–H groups in total. The predicted octanol–water partition coefficient (Wildman–Crippen LogP) is 2.64. The van der Waals surface area contributed by atoms with Crippen molar-refractivity contribution < 1.29 is 4.79 Å². The van der Waals surface area contributed by atoms with Crippen molar-refractivity contribution in [3.05, 3.63) is 84.2 Å². The van der Waals surface area contributed by atoms with E-state index in [4.69, 9.17) is 0 Å². The lowest BCUT2D eigenvalue weighted by molar-refractivity contribution is 0.102. The summed E-state index contributed by atoms with van der Waals surface area (Å²) in [5, 5.41) is 15.7. The highest BCUT2D eigenvalue weighted by molar-refractivity contribution is 6.04. The molecule has 0 saturated carbocycles. The van der Waals surface area contributed by atoms with Gasteiger partial charge in [0.15, 0.2) is 0 Å². The van der Waals surface area contributed by atoms with Crippen molar-refractivity contribution in [1.29, 1.82) is 0 Å². The molecule has 0 aliphatic rings. The fourth-order valence-electron chi connectivity index (χ4n) is 2.96. The minimum absolute atomic E-state index is 0.166. The van der Waals surface area contributed by atoms with Crippen molar-refractivity contribution in [3.63, 3.8) is 0 Å². The highest BCUT2D eigenvalue weighted by atomic mass is 16.1. The van der Waals surface area contributed by atoms with E-state index in [1.165, 1.54) is 0 Å². The molecule has 142 valence electrons. The van der Waals surface area contributed by atoms with Crippen molar-refractivity contribution in [2.75, 3.05) is 5.32 Å². The molecule has 0 fully saturated rings. The molecular formula is C20H21N7O. The van der Waals surface area contributed by atoms with E-state index in [0.717, 1.165) is 17.7 Å². The molecule has 0 radical (unpaired) electrons. The summed E-state index contributed by atoms with van der Waals surface area (Å²) in [6.07, 6.45) is 10.9. The molecule has 1 amide bonds. The van der Waals surface area contributed by atoms with Crippen molar-refractivity contribution >= 4 is 11.6 Å². The third kappa shape index (κ3) is 4.17. The lowest BCUT2D eigenvalue weighted by Gasteiger charge is -2.06. The van der Waals surface area contributed by atoms with Crippen LogP contribution in [0.5, 0.6) is 0 Å². The summed E-state index contributed by atoms with van der Waals surface area (Å²) in [5.74, 6) is -0.166. The predicted molar refractivity (Wildman–Crippen MR) is 105 cm³/mol. The number of hydrogen-bond acceptors (Lipinski definition) is 4. The Morgan fingerprint density at radius 3 is 2.61 bits per heavy atom. The van der Waals surface area contributed by atoms with Crippen molar-refractivity contribution in [2.45, 2.75) is 26.6 Å². The van der Waals surface area contributed by atoms with Gasteiger partial charge in [0.05, 0.1) is 31.2 Å². The Kier molecular flexibility index (Phi) is 5.01. The SMILES string of the molecule is CCn1cc(Cn2cc(NC(=O)c3cccc(Cn4cccn4)c3)cn2)cn1. The molecule has 1 aromatic carbocycles. The van der Waals surface area contributed by atoms with Gasteiger partial charge in [0.25, 0.3) is 5.91 Å². The number of nitrogens with one attached hydrogen (secondary N) is 1. The Labute approximate surface area is 162 Å². The lowest BCUT2D eigenvalue weighted by atomic mass is 10.1. The molecule has 4 aromatic rings. The maximum absolute atomic E-state index is 12.6. The second kappa shape index (κ2) is 7.91. The van der Waals surface area contributed by atoms with E-state index >= 15 is 0 Å². The van der Waals surface area contributed by atoms with Crippen LogP contribution < -0.4 is 5.32 Å². The first kappa shape index (κ1) is 17.7. The van der Waals surface area contributed by atoms with Gasteiger partial charge in [-0.1, -0.05) is 12.1 Å². The van der Waals surface area contributed by atoms with E-state index in [1.807, 2.05) is 65.3 Å². The van der Waals surface area contributed by atoms with Crippen molar-refractivity contribution in [2.24, 2.45) is 0 Å². The largest absolute Gasteiger partial charge is 0.319 e. The number of rotatable bonds is 7. The Hall–Kier alpha value is -3.68. The van der Waals surface area contributed by atoms with Crippen LogP contribution in [0.15, 0.2) is 67.5 Å². The quantitative estimate of drug-likeness (QED) is 0.538. The number of carbonyl (C=O) groups is 1. The van der Waals surface area contributed by atoms with Gasteiger partial charge in [-0.05, 0) is 30.7 Å². The zero-order valence-corrected chi connectivity index (χ0v) is 15.6. The first-order valence-corrected chi connectivity index (χ1v) is 9.11. The van der Waals surface area contributed by atoms with Gasteiger partial charge < -0.3 is 5.32 Å². The minimum Gasteiger partial charge on any atom is -0.319 e. The second-order valence-corrected chi connectivity index (χ2v) is 6.49. The van der Waals surface area contributed by atoms with Crippen LogP contribution in [0.25, 0.3) is 0 Å². The fourth-order valence-corrected chi connectivity index (χ4v) is 2.96. The van der Waals surface area contributed by atoms with Gasteiger partial charge in [0.2, 0.25) is 0 Å². The first-order valence-electron chi connectivity index (χ1n) is 9.11. The van der Waals surface area contributed by atoms with Crippen LogP contribution in [0, 0.1) is 0 Å². The molecule has 3 aromatic heterocycles. The molecule has 3 heterocycles. The number of carbonyl (C=O) groups excluding carboxylic acids is 1. The summed E-state index contributed by atoms with van der Waals surface area (Å²) in [4.78, 5) is 12.6. The standard InChI is InChI=1S/C20H21N7O/c1-2-25-13-17(10-22-25)14-27-15-19(11-23-27)24-20(28)18-6-3-5-16(9-18)12-26-8-4-7-21-26/h3-11,13,15H,2,12,14H2,1H3,(H,24,28). The Morgan fingerprint density at radius 1 is 0.964 bits per heavy atom. The number of amides is 1. The van der Waals surface area contributed by atoms with Crippen LogP contribution in [0.4, 0.5) is 5.69 Å². The van der Waals surface area contributed by atoms with Crippen LogP contribution in [-0.4, -0.2) is 35.2 Å². The Morgan fingerprint density at radius 2 is 1.82 bits per heavy atom. The summed E-state index contributed by atoms with van der Waals surface area (Å²) >= 11 is 0. The average Bonchev–Trinajstić information content (AvgIpc) is 3.45. The second-order valence-electron chi connectivity index (χ2n) is 6.49. The van der Waals surface area contributed by atoms with Crippen molar-refractivity contribution in [3.8, 4) is 0 Å². The van der Waals surface area contributed by atoms with Gasteiger partial charge in [-0.25, -0.2) is 0 Å². The molecule has 8 heteroatoms. The van der Waals surface area contributed by atoms with Crippen LogP contribution in [0.3, 0.4) is 0 Å². The van der Waals surface area contributed by atoms with E-state index in [0.29, 0.717) is 24.3 Å². The van der Waals surface area contributed by atoms with Crippen LogP contribution in [-0.2, 0) is 19.6 Å². The third-order valence-electron chi connectivity index (χ3n) is 4.34. The molecule has 0 atom stereocenters. The molecule has 8 nitrogen and oxygen atoms in total. The zero-order chi connectivity index (χ0) is 19.3. The Balaban J connectivity index is 1.40. The molecule has 0 aliphatic heterocycles. The molecule has 0 bridgehead atoms. The van der Waals surface area contributed by atoms with E-state index in [9.17, 15) is 4.79 Å². The van der Waals surface area contributed by atoms with Gasteiger partial charge in [-0.15, -0.1) is 0 Å². The van der Waals surface area contributed by atoms with E-state index < -0.39 is 0 Å². The highest BCUT2D eigenvalue weighted by Crippen LogP contribution is 2.12. The molecule has 28 heavy (non-hydrogen) atoms. The molecular weight excluding hydrogens is 354 g/mol. The zero-order valence-electron chi connectivity index (χ0n) is 15.6. The summed E-state index contributed by atoms with van der Waals surface area (Å²) in [6, 6.07) is 9.41. The van der Waals surface area contributed by atoms with E-state index in [2.05, 4.69) is 20.6 Å². The van der Waals surface area contributed by atoms with Gasteiger partial charge in [-0.2, -0.15) is 15.3 Å². The first-order chi connectivity index (χ1) is 13.7. The summed E-state index contributed by atoms with van der Waals surface area (Å²) in [6.45, 7) is 4.11. The highest BCUT2D eigenvalue weighted by Gasteiger charge is 2.09. The Bertz CT molecular complexity index is 1060. The van der Waals surface area contributed by atoms with Gasteiger partial charge in [0.1, 0.15) is 0 Å². The van der Waals surface area contributed by atoms with E-state index in [1.54, 1.807) is 23.1 Å². The topological polar surface area (TPSA) is 82.6 Å². The molecule has 0 unspecified atom stereocenters. The van der Waals surface area contributed by atoms with Gasteiger partial charge in [-0.3, -0.25) is 18.8 Å². The molecule has 0 saturated heterocycles. The number of hydrogen-bond donors (Lipinski definition) is 1. The van der Waals surface area contributed by atoms with Gasteiger partial charge in [0, 0.05) is 42.5 Å². The molecule has 0 aliphatic carbocycles. The summed E-state index contributed by atoms with van der Waals surface area (Å²) < 4.78 is 5.47. The minimum atomic E-state index is -0.166. The number of nitrogens with zero attached hydrogens (tertiary/aromatic N) is 6. The molecule has 0 spiro atoms. The van der Waals surface area contributed by atoms with Crippen LogP contribution in [0.2, 0.25) is 0 Å². The van der Waals surface area contributed by atoms with Gasteiger partial charge >= 0.3 is 0 Å². The number of benzene rings is 1. The summed E-state index contributed by atoms with van der Waals surface area (Å²) in [7, 11) is 0.